The van der Waals surface area contributed by atoms with Gasteiger partial charge in [-0.1, -0.05) is 17.7 Å². The number of halogens is 5. The number of anilines is 1. The Bertz CT molecular complexity index is 1030. The van der Waals surface area contributed by atoms with Gasteiger partial charge in [-0.25, -0.2) is 9.37 Å². The molecule has 0 aliphatic carbocycles. The van der Waals surface area contributed by atoms with Crippen molar-refractivity contribution in [2.24, 2.45) is 0 Å². The van der Waals surface area contributed by atoms with Gasteiger partial charge in [0, 0.05) is 18.0 Å². The Labute approximate surface area is 167 Å². The first kappa shape index (κ1) is 20.5. The number of alkyl halides is 3. The van der Waals surface area contributed by atoms with E-state index in [2.05, 4.69) is 15.3 Å². The average molecular weight is 426 g/mol. The van der Waals surface area contributed by atoms with E-state index in [1.165, 1.54) is 36.7 Å². The minimum Gasteiger partial charge on any atom is -0.468 e. The summed E-state index contributed by atoms with van der Waals surface area (Å²) in [5, 5.41) is 2.34. The van der Waals surface area contributed by atoms with Crippen LogP contribution in [0.1, 0.15) is 10.4 Å². The molecule has 0 atom stereocenters. The van der Waals surface area contributed by atoms with Crippen molar-refractivity contribution in [3.05, 3.63) is 71.4 Å². The fourth-order valence-electron chi connectivity index (χ4n) is 2.36. The van der Waals surface area contributed by atoms with Crippen LogP contribution in [-0.2, 0) is 0 Å². The molecule has 10 heteroatoms. The molecule has 3 rings (SSSR count). The molecule has 0 bridgehead atoms. The molecule has 1 N–H and O–H groups in total. The number of aromatic nitrogens is 2. The standard InChI is InChI=1S/C19H12ClF4N3O2/c20-15-6-11(3-4-16(15)21)14-7-13(9-26-18(14)29-10-19(22,23)24)27-17(28)12-2-1-5-25-8-12/h1-9H,10H2,(H,27,28). The zero-order valence-corrected chi connectivity index (χ0v) is 15.3. The second-order valence-corrected chi connectivity index (χ2v) is 6.21. The largest absolute Gasteiger partial charge is 0.468 e. The quantitative estimate of drug-likeness (QED) is 0.576. The van der Waals surface area contributed by atoms with E-state index in [0.717, 1.165) is 12.3 Å². The summed E-state index contributed by atoms with van der Waals surface area (Å²) >= 11 is 5.78. The van der Waals surface area contributed by atoms with Gasteiger partial charge >= 0.3 is 6.18 Å². The number of carbonyl (C=O) groups excluding carboxylic acids is 1. The Balaban J connectivity index is 1.95. The smallest absolute Gasteiger partial charge is 0.422 e. The summed E-state index contributed by atoms with van der Waals surface area (Å²) in [6.07, 6.45) is -0.576. The molecule has 150 valence electrons. The van der Waals surface area contributed by atoms with E-state index in [-0.39, 0.29) is 33.3 Å². The third-order valence-corrected chi connectivity index (χ3v) is 3.93. The van der Waals surface area contributed by atoms with Crippen LogP contribution in [0.25, 0.3) is 11.1 Å². The zero-order chi connectivity index (χ0) is 21.0. The number of amides is 1. The highest BCUT2D eigenvalue weighted by Gasteiger charge is 2.29. The molecular formula is C19H12ClF4N3O2. The van der Waals surface area contributed by atoms with Gasteiger partial charge in [0.15, 0.2) is 6.61 Å². The number of nitrogens with one attached hydrogen (secondary N) is 1. The summed E-state index contributed by atoms with van der Waals surface area (Å²) in [6, 6.07) is 8.07. The fourth-order valence-corrected chi connectivity index (χ4v) is 2.54. The first-order chi connectivity index (χ1) is 13.7. The number of benzene rings is 1. The van der Waals surface area contributed by atoms with E-state index >= 15 is 0 Å². The van der Waals surface area contributed by atoms with Gasteiger partial charge in [0.2, 0.25) is 5.88 Å². The Morgan fingerprint density at radius 1 is 1.17 bits per heavy atom. The second kappa shape index (κ2) is 8.44. The van der Waals surface area contributed by atoms with Gasteiger partial charge in [-0.15, -0.1) is 0 Å². The van der Waals surface area contributed by atoms with Crippen LogP contribution in [0, 0.1) is 5.82 Å². The normalized spacial score (nSPS) is 11.2. The van der Waals surface area contributed by atoms with E-state index in [9.17, 15) is 22.4 Å². The maximum absolute atomic E-state index is 13.5. The lowest BCUT2D eigenvalue weighted by atomic mass is 10.1. The van der Waals surface area contributed by atoms with Gasteiger partial charge in [0.1, 0.15) is 5.82 Å². The van der Waals surface area contributed by atoms with E-state index in [0.29, 0.717) is 0 Å². The summed E-state index contributed by atoms with van der Waals surface area (Å²) < 4.78 is 55.9. The van der Waals surface area contributed by atoms with Gasteiger partial charge in [0.05, 0.1) is 22.5 Å². The predicted octanol–water partition coefficient (Wildman–Crippen LogP) is 5.13. The molecule has 0 saturated heterocycles. The monoisotopic (exact) mass is 425 g/mol. The highest BCUT2D eigenvalue weighted by atomic mass is 35.5. The van der Waals surface area contributed by atoms with Gasteiger partial charge in [-0.3, -0.25) is 9.78 Å². The number of carbonyl (C=O) groups is 1. The van der Waals surface area contributed by atoms with Gasteiger partial charge in [0.25, 0.3) is 5.91 Å². The maximum Gasteiger partial charge on any atom is 0.422 e. The predicted molar refractivity (Wildman–Crippen MR) is 98.4 cm³/mol. The number of hydrogen-bond acceptors (Lipinski definition) is 4. The highest BCUT2D eigenvalue weighted by molar-refractivity contribution is 6.31. The number of hydrogen-bond donors (Lipinski definition) is 1. The molecule has 0 radical (unpaired) electrons. The van der Waals surface area contributed by atoms with E-state index in [4.69, 9.17) is 16.3 Å². The summed E-state index contributed by atoms with van der Waals surface area (Å²) in [6.45, 7) is -1.57. The van der Waals surface area contributed by atoms with Crippen molar-refractivity contribution in [1.82, 2.24) is 9.97 Å². The fraction of sp³-hybridized carbons (Fsp3) is 0.105. The topological polar surface area (TPSA) is 64.1 Å². The lowest BCUT2D eigenvalue weighted by Gasteiger charge is -2.14. The molecule has 5 nitrogen and oxygen atoms in total. The van der Waals surface area contributed by atoms with E-state index < -0.39 is 24.5 Å². The Morgan fingerprint density at radius 2 is 1.97 bits per heavy atom. The number of ether oxygens (including phenoxy) is 1. The van der Waals surface area contributed by atoms with Crippen LogP contribution >= 0.6 is 11.6 Å². The molecule has 29 heavy (non-hydrogen) atoms. The van der Waals surface area contributed by atoms with Crippen LogP contribution < -0.4 is 10.1 Å². The van der Waals surface area contributed by atoms with Crippen molar-refractivity contribution >= 4 is 23.2 Å². The minimum absolute atomic E-state index is 0.0973. The third kappa shape index (κ3) is 5.41. The molecule has 0 aliphatic heterocycles. The Morgan fingerprint density at radius 3 is 2.62 bits per heavy atom. The van der Waals surface area contributed by atoms with E-state index in [1.54, 1.807) is 6.07 Å². The number of pyridine rings is 2. The number of nitrogens with zero attached hydrogens (tertiary/aromatic N) is 2. The zero-order valence-electron chi connectivity index (χ0n) is 14.5. The van der Waals surface area contributed by atoms with Crippen molar-refractivity contribution in [2.75, 3.05) is 11.9 Å². The first-order valence-electron chi connectivity index (χ1n) is 8.09. The summed E-state index contributed by atoms with van der Waals surface area (Å²) in [5.41, 5.74) is 0.823. The van der Waals surface area contributed by atoms with Crippen LogP contribution in [0.4, 0.5) is 23.2 Å². The van der Waals surface area contributed by atoms with E-state index in [1.807, 2.05) is 0 Å². The van der Waals surface area contributed by atoms with Crippen molar-refractivity contribution < 1.29 is 27.1 Å². The molecule has 0 aliphatic rings. The summed E-state index contributed by atoms with van der Waals surface area (Å²) in [4.78, 5) is 20.0. The van der Waals surface area contributed by atoms with Crippen LogP contribution in [0.3, 0.4) is 0 Å². The van der Waals surface area contributed by atoms with Crippen LogP contribution in [-0.4, -0.2) is 28.7 Å². The molecule has 3 aromatic rings. The Hall–Kier alpha value is -3.20. The van der Waals surface area contributed by atoms with Crippen LogP contribution in [0.2, 0.25) is 5.02 Å². The molecule has 0 saturated carbocycles. The van der Waals surface area contributed by atoms with Crippen LogP contribution in [0.15, 0.2) is 55.0 Å². The Kier molecular flexibility index (Phi) is 5.97. The minimum atomic E-state index is -4.58. The van der Waals surface area contributed by atoms with Crippen molar-refractivity contribution in [3.8, 4) is 17.0 Å². The lowest BCUT2D eigenvalue weighted by Crippen LogP contribution is -2.20. The second-order valence-electron chi connectivity index (χ2n) is 5.81. The summed E-state index contributed by atoms with van der Waals surface area (Å²) in [7, 11) is 0. The average Bonchev–Trinajstić information content (AvgIpc) is 2.69. The SMILES string of the molecule is O=C(Nc1cnc(OCC(F)(F)F)c(-c2ccc(F)c(Cl)c2)c1)c1cccnc1. The molecular weight excluding hydrogens is 414 g/mol. The number of rotatable bonds is 5. The third-order valence-electron chi connectivity index (χ3n) is 3.64. The van der Waals surface area contributed by atoms with Crippen molar-refractivity contribution in [1.29, 1.82) is 0 Å². The molecule has 1 amide bonds. The summed E-state index contributed by atoms with van der Waals surface area (Å²) in [5.74, 6) is -1.53. The first-order valence-corrected chi connectivity index (χ1v) is 8.47. The molecule has 1 aromatic carbocycles. The maximum atomic E-state index is 13.5. The van der Waals surface area contributed by atoms with Crippen molar-refractivity contribution in [2.45, 2.75) is 6.18 Å². The molecule has 2 heterocycles. The molecule has 0 spiro atoms. The van der Waals surface area contributed by atoms with Crippen molar-refractivity contribution in [3.63, 3.8) is 0 Å². The lowest BCUT2D eigenvalue weighted by molar-refractivity contribution is -0.154. The molecule has 2 aromatic heterocycles. The van der Waals surface area contributed by atoms with Crippen LogP contribution in [0.5, 0.6) is 5.88 Å². The molecule has 0 unspecified atom stereocenters. The highest BCUT2D eigenvalue weighted by Crippen LogP contribution is 2.34. The van der Waals surface area contributed by atoms with Gasteiger partial charge < -0.3 is 10.1 Å². The van der Waals surface area contributed by atoms with Gasteiger partial charge in [-0.05, 0) is 35.9 Å². The van der Waals surface area contributed by atoms with Gasteiger partial charge in [-0.2, -0.15) is 13.2 Å². The molecule has 0 fully saturated rings.